The van der Waals surface area contributed by atoms with E-state index < -0.39 is 0 Å². The topological polar surface area (TPSA) is 58.4 Å². The second kappa shape index (κ2) is 5.21. The fraction of sp³-hybridized carbons (Fsp3) is 0.533. The number of carbonyl (C=O) groups excluding carboxylic acids is 1. The molecule has 1 saturated carbocycles. The van der Waals surface area contributed by atoms with Crippen LogP contribution in [0.5, 0.6) is 0 Å². The van der Waals surface area contributed by atoms with Gasteiger partial charge in [0.15, 0.2) is 0 Å². The smallest absolute Gasteiger partial charge is 0.234 e. The molecule has 1 aromatic carbocycles. The quantitative estimate of drug-likeness (QED) is 0.811. The van der Waals surface area contributed by atoms with Crippen molar-refractivity contribution >= 4 is 11.6 Å². The molecule has 1 aliphatic heterocycles. The van der Waals surface area contributed by atoms with E-state index in [1.54, 1.807) is 0 Å². The molecule has 2 aliphatic rings. The molecule has 0 radical (unpaired) electrons. The third-order valence-corrected chi connectivity index (χ3v) is 4.11. The van der Waals surface area contributed by atoms with Crippen molar-refractivity contribution in [2.75, 3.05) is 12.3 Å². The van der Waals surface area contributed by atoms with Gasteiger partial charge >= 0.3 is 0 Å². The molecule has 0 aromatic heterocycles. The van der Waals surface area contributed by atoms with E-state index in [0.29, 0.717) is 12.6 Å². The Balaban J connectivity index is 1.53. The van der Waals surface area contributed by atoms with Crippen LogP contribution in [0.25, 0.3) is 0 Å². The number of nitrogens with zero attached hydrogens (tertiary/aromatic N) is 1. The average molecular weight is 259 g/mol. The summed E-state index contributed by atoms with van der Waals surface area (Å²) in [5.41, 5.74) is 9.14. The van der Waals surface area contributed by atoms with Crippen LogP contribution >= 0.6 is 0 Å². The van der Waals surface area contributed by atoms with Crippen molar-refractivity contribution in [2.45, 2.75) is 44.8 Å². The number of carbonyl (C=O) groups is 1. The van der Waals surface area contributed by atoms with Gasteiger partial charge in [-0.25, -0.2) is 0 Å². The van der Waals surface area contributed by atoms with Crippen molar-refractivity contribution in [1.82, 2.24) is 10.2 Å². The number of benzene rings is 1. The van der Waals surface area contributed by atoms with E-state index in [0.717, 1.165) is 31.6 Å². The first-order valence-electron chi connectivity index (χ1n) is 7.10. The van der Waals surface area contributed by atoms with Gasteiger partial charge in [0.25, 0.3) is 0 Å². The Hall–Kier alpha value is -1.55. The molecule has 1 amide bonds. The van der Waals surface area contributed by atoms with Crippen molar-refractivity contribution in [2.24, 2.45) is 0 Å². The van der Waals surface area contributed by atoms with Crippen LogP contribution in [0, 0.1) is 0 Å². The molecular formula is C15H21N3O. The third kappa shape index (κ3) is 2.89. The summed E-state index contributed by atoms with van der Waals surface area (Å²) in [7, 11) is 0. The van der Waals surface area contributed by atoms with Crippen LogP contribution in [0.2, 0.25) is 0 Å². The molecule has 19 heavy (non-hydrogen) atoms. The Labute approximate surface area is 114 Å². The van der Waals surface area contributed by atoms with Gasteiger partial charge in [0.05, 0.1) is 6.54 Å². The van der Waals surface area contributed by atoms with Crippen LogP contribution in [-0.2, 0) is 17.9 Å². The Kier molecular flexibility index (Phi) is 3.42. The molecule has 102 valence electrons. The zero-order chi connectivity index (χ0) is 13.2. The molecule has 0 atom stereocenters. The normalized spacial score (nSPS) is 19.6. The highest BCUT2D eigenvalue weighted by molar-refractivity contribution is 5.78. The zero-order valence-electron chi connectivity index (χ0n) is 11.2. The summed E-state index contributed by atoms with van der Waals surface area (Å²) >= 11 is 0. The molecule has 1 fully saturated rings. The number of nitrogens with two attached hydrogens (primary N) is 1. The molecule has 4 heteroatoms. The Morgan fingerprint density at radius 2 is 2.00 bits per heavy atom. The number of nitrogens with one attached hydrogen (secondary N) is 1. The van der Waals surface area contributed by atoms with E-state index in [2.05, 4.69) is 16.3 Å². The number of anilines is 1. The molecular weight excluding hydrogens is 238 g/mol. The first kappa shape index (κ1) is 12.5. The van der Waals surface area contributed by atoms with Crippen molar-refractivity contribution in [3.63, 3.8) is 0 Å². The van der Waals surface area contributed by atoms with Gasteiger partial charge in [0.1, 0.15) is 0 Å². The standard InChI is InChI=1S/C15H21N3O/c16-13-6-5-11-8-18(9-12(11)7-13)10-15(19)17-14-3-1-2-4-14/h5-7,14H,1-4,8-10,16H2,(H,17,19). The van der Waals surface area contributed by atoms with Crippen molar-refractivity contribution in [3.8, 4) is 0 Å². The number of amides is 1. The highest BCUT2D eigenvalue weighted by Crippen LogP contribution is 2.24. The molecule has 4 nitrogen and oxygen atoms in total. The molecule has 0 unspecified atom stereocenters. The number of hydrogen-bond donors (Lipinski definition) is 2. The van der Waals surface area contributed by atoms with Crippen LogP contribution in [0.4, 0.5) is 5.69 Å². The fourth-order valence-electron chi connectivity index (χ4n) is 3.14. The number of nitrogen functional groups attached to an aromatic ring is 1. The molecule has 1 aromatic rings. The Morgan fingerprint density at radius 3 is 2.79 bits per heavy atom. The SMILES string of the molecule is Nc1ccc2c(c1)CN(CC(=O)NC1CCCC1)C2. The summed E-state index contributed by atoms with van der Waals surface area (Å²) in [6, 6.07) is 6.43. The lowest BCUT2D eigenvalue weighted by atomic mass is 10.1. The molecule has 0 bridgehead atoms. The van der Waals surface area contributed by atoms with E-state index >= 15 is 0 Å². The second-order valence-corrected chi connectivity index (χ2v) is 5.72. The summed E-state index contributed by atoms with van der Waals surface area (Å²) in [4.78, 5) is 14.2. The average Bonchev–Trinajstić information content (AvgIpc) is 2.97. The van der Waals surface area contributed by atoms with Gasteiger partial charge in [-0.15, -0.1) is 0 Å². The first-order chi connectivity index (χ1) is 9.20. The predicted molar refractivity (Wildman–Crippen MR) is 75.4 cm³/mol. The fourth-order valence-corrected chi connectivity index (χ4v) is 3.14. The minimum absolute atomic E-state index is 0.160. The van der Waals surface area contributed by atoms with Crippen LogP contribution < -0.4 is 11.1 Å². The van der Waals surface area contributed by atoms with Crippen LogP contribution in [0.1, 0.15) is 36.8 Å². The molecule has 0 saturated heterocycles. The van der Waals surface area contributed by atoms with Crippen molar-refractivity contribution < 1.29 is 4.79 Å². The Bertz CT molecular complexity index is 480. The van der Waals surface area contributed by atoms with E-state index in [4.69, 9.17) is 5.73 Å². The maximum Gasteiger partial charge on any atom is 0.234 e. The van der Waals surface area contributed by atoms with Crippen LogP contribution in [0.15, 0.2) is 18.2 Å². The summed E-state index contributed by atoms with van der Waals surface area (Å²) < 4.78 is 0. The zero-order valence-corrected chi connectivity index (χ0v) is 11.2. The van der Waals surface area contributed by atoms with Crippen molar-refractivity contribution in [3.05, 3.63) is 29.3 Å². The lowest BCUT2D eigenvalue weighted by molar-refractivity contribution is -0.123. The van der Waals surface area contributed by atoms with Gasteiger partial charge in [0.2, 0.25) is 5.91 Å². The first-order valence-corrected chi connectivity index (χ1v) is 7.10. The number of rotatable bonds is 3. The maximum absolute atomic E-state index is 12.0. The highest BCUT2D eigenvalue weighted by Gasteiger charge is 2.23. The van der Waals surface area contributed by atoms with Gasteiger partial charge in [-0.2, -0.15) is 0 Å². The molecule has 0 spiro atoms. The van der Waals surface area contributed by atoms with E-state index in [1.807, 2.05) is 12.1 Å². The summed E-state index contributed by atoms with van der Waals surface area (Å²) in [5, 5.41) is 3.14. The molecule has 1 aliphatic carbocycles. The van der Waals surface area contributed by atoms with Gasteiger partial charge < -0.3 is 11.1 Å². The highest BCUT2D eigenvalue weighted by atomic mass is 16.2. The van der Waals surface area contributed by atoms with Gasteiger partial charge in [-0.05, 0) is 36.1 Å². The lowest BCUT2D eigenvalue weighted by Crippen LogP contribution is -2.39. The maximum atomic E-state index is 12.0. The molecule has 3 rings (SSSR count). The summed E-state index contributed by atoms with van der Waals surface area (Å²) in [6.07, 6.45) is 4.78. The number of hydrogen-bond acceptors (Lipinski definition) is 3. The van der Waals surface area contributed by atoms with Gasteiger partial charge in [-0.3, -0.25) is 9.69 Å². The molecule has 1 heterocycles. The third-order valence-electron chi connectivity index (χ3n) is 4.11. The van der Waals surface area contributed by atoms with Crippen LogP contribution in [-0.4, -0.2) is 23.4 Å². The van der Waals surface area contributed by atoms with Gasteiger partial charge in [0, 0.05) is 24.8 Å². The van der Waals surface area contributed by atoms with E-state index in [-0.39, 0.29) is 5.91 Å². The monoisotopic (exact) mass is 259 g/mol. The van der Waals surface area contributed by atoms with Crippen molar-refractivity contribution in [1.29, 1.82) is 0 Å². The lowest BCUT2D eigenvalue weighted by Gasteiger charge is -2.17. The summed E-state index contributed by atoms with van der Waals surface area (Å²) in [6.45, 7) is 2.18. The van der Waals surface area contributed by atoms with Gasteiger partial charge in [-0.1, -0.05) is 18.9 Å². The number of fused-ring (bicyclic) bond motifs is 1. The largest absolute Gasteiger partial charge is 0.399 e. The minimum Gasteiger partial charge on any atom is -0.399 e. The molecule has 3 N–H and O–H groups in total. The predicted octanol–water partition coefficient (Wildman–Crippen LogP) is 1.64. The Morgan fingerprint density at radius 1 is 1.26 bits per heavy atom. The van der Waals surface area contributed by atoms with E-state index in [1.165, 1.54) is 24.0 Å². The van der Waals surface area contributed by atoms with E-state index in [9.17, 15) is 4.79 Å². The minimum atomic E-state index is 0.160. The van der Waals surface area contributed by atoms with Crippen LogP contribution in [0.3, 0.4) is 0 Å². The summed E-state index contributed by atoms with van der Waals surface area (Å²) in [5.74, 6) is 0.160. The second-order valence-electron chi connectivity index (χ2n) is 5.72.